The van der Waals surface area contributed by atoms with Gasteiger partial charge in [-0.05, 0) is 18.3 Å². The summed E-state index contributed by atoms with van der Waals surface area (Å²) in [7, 11) is 0. The molecule has 0 aromatic rings. The molecule has 0 spiro atoms. The van der Waals surface area contributed by atoms with E-state index >= 15 is 0 Å². The summed E-state index contributed by atoms with van der Waals surface area (Å²) in [6.07, 6.45) is 0.160. The van der Waals surface area contributed by atoms with Crippen LogP contribution in [0.3, 0.4) is 0 Å². The van der Waals surface area contributed by atoms with Crippen LogP contribution in [0.15, 0.2) is 12.2 Å². The van der Waals surface area contributed by atoms with Crippen molar-refractivity contribution in [2.75, 3.05) is 6.61 Å². The average molecular weight is 274 g/mol. The predicted molar refractivity (Wildman–Crippen MR) is 77.9 cm³/mol. The molecule has 0 aliphatic heterocycles. The number of aliphatic hydroxyl groups is 2. The van der Waals surface area contributed by atoms with Gasteiger partial charge in [0, 0.05) is 11.0 Å². The molecule has 0 rings (SSSR count). The van der Waals surface area contributed by atoms with Gasteiger partial charge >= 0.3 is 5.97 Å². The molecule has 4 heteroatoms. The maximum absolute atomic E-state index is 10.1. The van der Waals surface area contributed by atoms with Crippen LogP contribution in [0.5, 0.6) is 0 Å². The summed E-state index contributed by atoms with van der Waals surface area (Å²) >= 11 is 0. The van der Waals surface area contributed by atoms with Gasteiger partial charge in [0.2, 0.25) is 0 Å². The predicted octanol–water partition coefficient (Wildman–Crippen LogP) is 2.70. The molecule has 0 aromatic carbocycles. The Morgan fingerprint density at radius 1 is 1.21 bits per heavy atom. The molecule has 0 saturated heterocycles. The minimum Gasteiger partial charge on any atom is -0.478 e. The standard InChI is InChI=1S/C8H18O2.C7H12O2/c1-6(2)7(10)8(3,4)5-9;1-5(2)4-6(3)7(8)9/h6-7,9-10H,5H2,1-4H3;5H,3-4H2,1-2H3,(H,8,9). The number of hydrogen-bond donors (Lipinski definition) is 3. The van der Waals surface area contributed by atoms with E-state index < -0.39 is 12.1 Å². The van der Waals surface area contributed by atoms with Crippen LogP contribution in [0, 0.1) is 17.3 Å². The fourth-order valence-electron chi connectivity index (χ4n) is 1.58. The van der Waals surface area contributed by atoms with Crippen LogP contribution in [-0.2, 0) is 4.79 Å². The minimum atomic E-state index is -0.885. The van der Waals surface area contributed by atoms with Crippen molar-refractivity contribution in [1.29, 1.82) is 0 Å². The summed E-state index contributed by atoms with van der Waals surface area (Å²) < 4.78 is 0. The first-order chi connectivity index (χ1) is 8.45. The quantitative estimate of drug-likeness (QED) is 0.651. The number of aliphatic hydroxyl groups excluding tert-OH is 2. The van der Waals surface area contributed by atoms with Crippen LogP contribution in [0.4, 0.5) is 0 Å². The van der Waals surface area contributed by atoms with Gasteiger partial charge in [0.15, 0.2) is 0 Å². The van der Waals surface area contributed by atoms with E-state index in [2.05, 4.69) is 6.58 Å². The summed E-state index contributed by atoms with van der Waals surface area (Å²) in [5.74, 6) is -0.292. The first-order valence-corrected chi connectivity index (χ1v) is 6.65. The van der Waals surface area contributed by atoms with E-state index in [0.29, 0.717) is 17.9 Å². The van der Waals surface area contributed by atoms with Crippen molar-refractivity contribution in [3.63, 3.8) is 0 Å². The first kappa shape index (κ1) is 20.4. The van der Waals surface area contributed by atoms with Gasteiger partial charge in [-0.1, -0.05) is 48.1 Å². The molecule has 0 fully saturated rings. The molecule has 19 heavy (non-hydrogen) atoms. The number of carbonyl (C=O) groups is 1. The van der Waals surface area contributed by atoms with Crippen molar-refractivity contribution >= 4 is 5.97 Å². The van der Waals surface area contributed by atoms with Crippen LogP contribution >= 0.6 is 0 Å². The van der Waals surface area contributed by atoms with Gasteiger partial charge in [-0.15, -0.1) is 0 Å². The lowest BCUT2D eigenvalue weighted by molar-refractivity contribution is -0.132. The van der Waals surface area contributed by atoms with E-state index in [1.54, 1.807) is 0 Å². The second-order valence-electron chi connectivity index (χ2n) is 6.34. The van der Waals surface area contributed by atoms with Crippen molar-refractivity contribution in [2.24, 2.45) is 17.3 Å². The van der Waals surface area contributed by atoms with Gasteiger partial charge < -0.3 is 15.3 Å². The summed E-state index contributed by atoms with van der Waals surface area (Å²) in [5.41, 5.74) is -0.0706. The topological polar surface area (TPSA) is 77.8 Å². The maximum Gasteiger partial charge on any atom is 0.330 e. The third-order valence-corrected chi connectivity index (χ3v) is 2.80. The first-order valence-electron chi connectivity index (χ1n) is 6.65. The van der Waals surface area contributed by atoms with Crippen LogP contribution < -0.4 is 0 Å². The number of carboxylic acids is 1. The molecule has 0 aliphatic rings. The zero-order valence-corrected chi connectivity index (χ0v) is 13.1. The molecule has 0 radical (unpaired) electrons. The van der Waals surface area contributed by atoms with Crippen LogP contribution in [-0.4, -0.2) is 34.0 Å². The largest absolute Gasteiger partial charge is 0.478 e. The van der Waals surface area contributed by atoms with E-state index in [4.69, 9.17) is 10.2 Å². The molecule has 0 bridgehead atoms. The number of aliphatic carboxylic acids is 1. The normalized spacial score (nSPS) is 12.9. The Hall–Kier alpha value is -0.870. The highest BCUT2D eigenvalue weighted by Crippen LogP contribution is 2.24. The SMILES string of the molecule is C=C(CC(C)C)C(=O)O.CC(C)C(O)C(C)(C)CO. The Morgan fingerprint density at radius 3 is 1.74 bits per heavy atom. The molecule has 0 saturated carbocycles. The van der Waals surface area contributed by atoms with Gasteiger partial charge in [0.05, 0.1) is 12.7 Å². The van der Waals surface area contributed by atoms with E-state index in [1.807, 2.05) is 41.5 Å². The van der Waals surface area contributed by atoms with Crippen molar-refractivity contribution in [2.45, 2.75) is 54.1 Å². The summed E-state index contributed by atoms with van der Waals surface area (Å²) in [6.45, 7) is 15.0. The molecule has 114 valence electrons. The Bertz CT molecular complexity index is 280. The van der Waals surface area contributed by atoms with E-state index in [1.165, 1.54) is 0 Å². The van der Waals surface area contributed by atoms with E-state index in [9.17, 15) is 9.90 Å². The maximum atomic E-state index is 10.1. The van der Waals surface area contributed by atoms with Crippen LogP contribution in [0.2, 0.25) is 0 Å². The van der Waals surface area contributed by atoms with Gasteiger partial charge in [-0.25, -0.2) is 4.79 Å². The second kappa shape index (κ2) is 9.10. The van der Waals surface area contributed by atoms with Gasteiger partial charge in [0.25, 0.3) is 0 Å². The molecule has 0 amide bonds. The molecular weight excluding hydrogens is 244 g/mol. The molecule has 1 unspecified atom stereocenters. The molecular formula is C15H30O4. The molecule has 1 atom stereocenters. The highest BCUT2D eigenvalue weighted by Gasteiger charge is 2.28. The lowest BCUT2D eigenvalue weighted by Crippen LogP contribution is -2.36. The Balaban J connectivity index is 0. The van der Waals surface area contributed by atoms with Crippen LogP contribution in [0.1, 0.15) is 48.0 Å². The van der Waals surface area contributed by atoms with Gasteiger partial charge in [-0.3, -0.25) is 0 Å². The Labute approximate surface area is 117 Å². The third-order valence-electron chi connectivity index (χ3n) is 2.80. The smallest absolute Gasteiger partial charge is 0.330 e. The van der Waals surface area contributed by atoms with Crippen molar-refractivity contribution in [1.82, 2.24) is 0 Å². The van der Waals surface area contributed by atoms with Crippen molar-refractivity contribution in [3.05, 3.63) is 12.2 Å². The van der Waals surface area contributed by atoms with Crippen molar-refractivity contribution < 1.29 is 20.1 Å². The molecule has 0 aromatic heterocycles. The number of hydrogen-bond acceptors (Lipinski definition) is 3. The van der Waals surface area contributed by atoms with Gasteiger partial charge in [0.1, 0.15) is 0 Å². The highest BCUT2D eigenvalue weighted by molar-refractivity contribution is 5.85. The van der Waals surface area contributed by atoms with Crippen LogP contribution in [0.25, 0.3) is 0 Å². The van der Waals surface area contributed by atoms with Crippen molar-refractivity contribution in [3.8, 4) is 0 Å². The van der Waals surface area contributed by atoms with Gasteiger partial charge in [-0.2, -0.15) is 0 Å². The average Bonchev–Trinajstić information content (AvgIpc) is 2.27. The molecule has 0 aliphatic carbocycles. The number of rotatable bonds is 6. The summed E-state index contributed by atoms with van der Waals surface area (Å²) in [4.78, 5) is 10.1. The van der Waals surface area contributed by atoms with E-state index in [0.717, 1.165) is 0 Å². The fraction of sp³-hybridized carbons (Fsp3) is 0.800. The third kappa shape index (κ3) is 9.68. The number of carboxylic acid groups (broad SMARTS) is 1. The lowest BCUT2D eigenvalue weighted by atomic mass is 9.82. The highest BCUT2D eigenvalue weighted by atomic mass is 16.4. The Morgan fingerprint density at radius 2 is 1.63 bits per heavy atom. The Kier molecular flexibility index (Phi) is 9.79. The minimum absolute atomic E-state index is 0.0341. The molecule has 4 nitrogen and oxygen atoms in total. The lowest BCUT2D eigenvalue weighted by Gasteiger charge is -2.30. The molecule has 3 N–H and O–H groups in total. The summed E-state index contributed by atoms with van der Waals surface area (Å²) in [5, 5.41) is 26.7. The second-order valence-corrected chi connectivity index (χ2v) is 6.34. The van der Waals surface area contributed by atoms with E-state index in [-0.39, 0.29) is 17.9 Å². The zero-order valence-electron chi connectivity index (χ0n) is 13.1. The fourth-order valence-corrected chi connectivity index (χ4v) is 1.58. The summed E-state index contributed by atoms with van der Waals surface area (Å²) in [6, 6.07) is 0. The molecule has 0 heterocycles. The monoisotopic (exact) mass is 274 g/mol. The zero-order chi connectivity index (χ0) is 15.8.